The van der Waals surface area contributed by atoms with Gasteiger partial charge in [-0.25, -0.2) is 0 Å². The van der Waals surface area contributed by atoms with Gasteiger partial charge in [-0.05, 0) is 53.0 Å². The Morgan fingerprint density at radius 1 is 1.12 bits per heavy atom. The van der Waals surface area contributed by atoms with E-state index in [4.69, 9.17) is 0 Å². The number of hydrogen-bond acceptors (Lipinski definition) is 3. The molecule has 0 aromatic carbocycles. The molecule has 1 aliphatic rings. The molecule has 1 N–H and O–H groups in total. The van der Waals surface area contributed by atoms with Crippen LogP contribution in [0.1, 0.15) is 32.6 Å². The first-order valence-corrected chi connectivity index (χ1v) is 7.18. The molecule has 1 heterocycles. The number of likely N-dealkylation sites (N-methyl/N-ethyl adjacent to an activating group) is 1. The van der Waals surface area contributed by atoms with Crippen LogP contribution in [0.3, 0.4) is 0 Å². The number of likely N-dealkylation sites (tertiary alicyclic amines) is 1. The zero-order valence-electron chi connectivity index (χ0n) is 12.2. The van der Waals surface area contributed by atoms with Crippen molar-refractivity contribution in [3.8, 4) is 0 Å². The third-order valence-electron chi connectivity index (χ3n) is 3.96. The maximum Gasteiger partial charge on any atom is 0.0254 e. The normalized spacial score (nSPS) is 25.9. The van der Waals surface area contributed by atoms with Crippen molar-refractivity contribution in [3.05, 3.63) is 0 Å². The molecule has 2 unspecified atom stereocenters. The lowest BCUT2D eigenvalue weighted by Crippen LogP contribution is -2.34. The summed E-state index contributed by atoms with van der Waals surface area (Å²) in [5, 5.41) is 3.21. The minimum atomic E-state index is 0.763. The van der Waals surface area contributed by atoms with E-state index in [9.17, 15) is 0 Å². The van der Waals surface area contributed by atoms with Gasteiger partial charge in [-0.15, -0.1) is 0 Å². The first-order valence-electron chi connectivity index (χ1n) is 7.18. The van der Waals surface area contributed by atoms with Crippen LogP contribution in [0.4, 0.5) is 0 Å². The maximum atomic E-state index is 3.21. The van der Waals surface area contributed by atoms with Crippen molar-refractivity contribution in [1.29, 1.82) is 0 Å². The third-order valence-corrected chi connectivity index (χ3v) is 3.96. The van der Waals surface area contributed by atoms with E-state index in [0.29, 0.717) is 0 Å². The molecule has 1 rings (SSSR count). The van der Waals surface area contributed by atoms with Gasteiger partial charge in [0, 0.05) is 19.1 Å². The fourth-order valence-electron chi connectivity index (χ4n) is 2.89. The highest BCUT2D eigenvalue weighted by Crippen LogP contribution is 2.20. The number of nitrogens with zero attached hydrogens (tertiary/aromatic N) is 2. The minimum Gasteiger partial charge on any atom is -0.320 e. The average molecular weight is 241 g/mol. The van der Waals surface area contributed by atoms with E-state index in [0.717, 1.165) is 12.0 Å². The van der Waals surface area contributed by atoms with Gasteiger partial charge in [-0.3, -0.25) is 0 Å². The van der Waals surface area contributed by atoms with Gasteiger partial charge in [0.2, 0.25) is 0 Å². The lowest BCUT2D eigenvalue weighted by Gasteiger charge is -2.22. The summed E-state index contributed by atoms with van der Waals surface area (Å²) in [6.45, 7) is 7.42. The molecule has 0 spiro atoms. The summed E-state index contributed by atoms with van der Waals surface area (Å²) < 4.78 is 0. The van der Waals surface area contributed by atoms with E-state index < -0.39 is 0 Å². The monoisotopic (exact) mass is 241 g/mol. The first-order chi connectivity index (χ1) is 8.15. The summed E-state index contributed by atoms with van der Waals surface area (Å²) in [5.41, 5.74) is 0. The summed E-state index contributed by atoms with van der Waals surface area (Å²) in [7, 11) is 6.46. The quantitative estimate of drug-likeness (QED) is 0.652. The van der Waals surface area contributed by atoms with Gasteiger partial charge < -0.3 is 15.1 Å². The summed E-state index contributed by atoms with van der Waals surface area (Å²) >= 11 is 0. The Hall–Kier alpha value is -0.120. The molecule has 0 amide bonds. The molecule has 0 aliphatic carbocycles. The zero-order valence-corrected chi connectivity index (χ0v) is 12.2. The molecule has 0 saturated carbocycles. The molecule has 17 heavy (non-hydrogen) atoms. The molecule has 2 atom stereocenters. The predicted molar refractivity (Wildman–Crippen MR) is 75.5 cm³/mol. The molecular weight excluding hydrogens is 210 g/mol. The summed E-state index contributed by atoms with van der Waals surface area (Å²) in [6, 6.07) is 0.763. The van der Waals surface area contributed by atoms with Gasteiger partial charge in [0.05, 0.1) is 0 Å². The molecule has 102 valence electrons. The standard InChI is InChI=1S/C14H31N3/c1-13-11-17(12-14(13)16(3)4)10-8-6-5-7-9-15-2/h13-15H,5-12H2,1-4H3. The van der Waals surface area contributed by atoms with Gasteiger partial charge in [0.15, 0.2) is 0 Å². The molecule has 3 nitrogen and oxygen atoms in total. The molecule has 1 saturated heterocycles. The maximum absolute atomic E-state index is 3.21. The zero-order chi connectivity index (χ0) is 12.7. The average Bonchev–Trinajstić information content (AvgIpc) is 2.65. The topological polar surface area (TPSA) is 18.5 Å². The van der Waals surface area contributed by atoms with Gasteiger partial charge in [-0.1, -0.05) is 19.8 Å². The van der Waals surface area contributed by atoms with E-state index in [2.05, 4.69) is 36.1 Å². The van der Waals surface area contributed by atoms with Crippen LogP contribution in [0, 0.1) is 5.92 Å². The van der Waals surface area contributed by atoms with Crippen LogP contribution in [0.5, 0.6) is 0 Å². The second-order valence-corrected chi connectivity index (χ2v) is 5.79. The first kappa shape index (κ1) is 14.9. The van der Waals surface area contributed by atoms with Crippen molar-refractivity contribution >= 4 is 0 Å². The van der Waals surface area contributed by atoms with Gasteiger partial charge in [0.1, 0.15) is 0 Å². The Balaban J connectivity index is 2.05. The Bertz CT molecular complexity index is 194. The molecule has 0 radical (unpaired) electrons. The Morgan fingerprint density at radius 2 is 1.82 bits per heavy atom. The number of unbranched alkanes of at least 4 members (excludes halogenated alkanes) is 3. The van der Waals surface area contributed by atoms with Crippen molar-refractivity contribution in [2.45, 2.75) is 38.6 Å². The second kappa shape index (κ2) is 8.06. The van der Waals surface area contributed by atoms with E-state index in [-0.39, 0.29) is 0 Å². The van der Waals surface area contributed by atoms with Gasteiger partial charge >= 0.3 is 0 Å². The van der Waals surface area contributed by atoms with Gasteiger partial charge in [0.25, 0.3) is 0 Å². The van der Waals surface area contributed by atoms with Crippen LogP contribution in [0.25, 0.3) is 0 Å². The minimum absolute atomic E-state index is 0.763. The fourth-order valence-corrected chi connectivity index (χ4v) is 2.89. The van der Waals surface area contributed by atoms with Crippen LogP contribution < -0.4 is 5.32 Å². The van der Waals surface area contributed by atoms with Crippen molar-refractivity contribution in [3.63, 3.8) is 0 Å². The van der Waals surface area contributed by atoms with Gasteiger partial charge in [-0.2, -0.15) is 0 Å². The fraction of sp³-hybridized carbons (Fsp3) is 1.00. The molecule has 0 aromatic heterocycles. The van der Waals surface area contributed by atoms with Crippen LogP contribution in [-0.2, 0) is 0 Å². The Labute approximate surface area is 108 Å². The molecule has 0 aromatic rings. The van der Waals surface area contributed by atoms with Crippen LogP contribution in [0.2, 0.25) is 0 Å². The lowest BCUT2D eigenvalue weighted by molar-refractivity contribution is 0.251. The van der Waals surface area contributed by atoms with E-state index >= 15 is 0 Å². The number of hydrogen-bond donors (Lipinski definition) is 1. The lowest BCUT2D eigenvalue weighted by atomic mass is 10.1. The van der Waals surface area contributed by atoms with Crippen molar-refractivity contribution in [2.24, 2.45) is 5.92 Å². The number of rotatable bonds is 8. The predicted octanol–water partition coefficient (Wildman–Crippen LogP) is 1.65. The molecule has 3 heteroatoms. The third kappa shape index (κ3) is 5.36. The van der Waals surface area contributed by atoms with Crippen LogP contribution in [0.15, 0.2) is 0 Å². The van der Waals surface area contributed by atoms with Crippen molar-refractivity contribution in [2.75, 3.05) is 47.3 Å². The van der Waals surface area contributed by atoms with E-state index in [1.54, 1.807) is 0 Å². The Kier molecular flexibility index (Phi) is 7.09. The second-order valence-electron chi connectivity index (χ2n) is 5.79. The highest BCUT2D eigenvalue weighted by Gasteiger charge is 2.30. The summed E-state index contributed by atoms with van der Waals surface area (Å²) in [5.74, 6) is 0.828. The van der Waals surface area contributed by atoms with E-state index in [1.807, 2.05) is 7.05 Å². The highest BCUT2D eigenvalue weighted by atomic mass is 15.2. The van der Waals surface area contributed by atoms with Crippen molar-refractivity contribution < 1.29 is 0 Å². The van der Waals surface area contributed by atoms with Crippen LogP contribution >= 0.6 is 0 Å². The smallest absolute Gasteiger partial charge is 0.0254 e. The van der Waals surface area contributed by atoms with Crippen LogP contribution in [-0.4, -0.2) is 63.2 Å². The summed E-state index contributed by atoms with van der Waals surface area (Å²) in [6.07, 6.45) is 5.46. The number of nitrogens with one attached hydrogen (secondary N) is 1. The Morgan fingerprint density at radius 3 is 2.41 bits per heavy atom. The largest absolute Gasteiger partial charge is 0.320 e. The SMILES string of the molecule is CNCCCCCCN1CC(C)C(N(C)C)C1. The van der Waals surface area contributed by atoms with E-state index in [1.165, 1.54) is 51.9 Å². The molecule has 1 fully saturated rings. The molecule has 0 bridgehead atoms. The molecular formula is C14H31N3. The van der Waals surface area contributed by atoms with Crippen molar-refractivity contribution in [1.82, 2.24) is 15.1 Å². The summed E-state index contributed by atoms with van der Waals surface area (Å²) in [4.78, 5) is 5.03. The highest BCUT2D eigenvalue weighted by molar-refractivity contribution is 4.86. The molecule has 1 aliphatic heterocycles.